The van der Waals surface area contributed by atoms with Crippen LogP contribution in [0.15, 0.2) is 0 Å². The summed E-state index contributed by atoms with van der Waals surface area (Å²) in [6, 6.07) is 0. The molecule has 0 aliphatic rings. The van der Waals surface area contributed by atoms with Crippen LogP contribution in [0.4, 0.5) is 0 Å². The van der Waals surface area contributed by atoms with E-state index in [-0.39, 0.29) is 0 Å². The number of nitrogens with zero attached hydrogens (tertiary/aromatic N) is 1. The van der Waals surface area contributed by atoms with Crippen molar-refractivity contribution in [1.29, 1.82) is 0 Å². The molecule has 0 fully saturated rings. The minimum absolute atomic E-state index is 0.774. The molecule has 0 bridgehead atoms. The highest BCUT2D eigenvalue weighted by Gasteiger charge is 2.00. The minimum atomic E-state index is 0.774. The van der Waals surface area contributed by atoms with E-state index in [9.17, 15) is 0 Å². The highest BCUT2D eigenvalue weighted by atomic mass is 15.1. The van der Waals surface area contributed by atoms with Gasteiger partial charge in [0.2, 0.25) is 0 Å². The van der Waals surface area contributed by atoms with Crippen molar-refractivity contribution < 1.29 is 0 Å². The summed E-state index contributed by atoms with van der Waals surface area (Å²) in [5.74, 6) is 1.59. The van der Waals surface area contributed by atoms with Gasteiger partial charge in [-0.3, -0.25) is 0 Å². The number of rotatable bonds is 8. The third kappa shape index (κ3) is 10.0. The number of likely N-dealkylation sites (N-methyl/N-ethyl adjacent to an activating group) is 1. The fourth-order valence-electron chi connectivity index (χ4n) is 1.50. The lowest BCUT2D eigenvalue weighted by Crippen LogP contribution is -2.32. The second-order valence-corrected chi connectivity index (χ2v) is 5.09. The van der Waals surface area contributed by atoms with Crippen LogP contribution in [0.3, 0.4) is 0 Å². The Bertz CT molecular complexity index is 121. The summed E-state index contributed by atoms with van der Waals surface area (Å²) in [7, 11) is 2.20. The van der Waals surface area contributed by atoms with Gasteiger partial charge in [0.05, 0.1) is 0 Å². The summed E-state index contributed by atoms with van der Waals surface area (Å²) in [5.41, 5.74) is 0. The second-order valence-electron chi connectivity index (χ2n) is 5.09. The highest BCUT2D eigenvalue weighted by molar-refractivity contribution is 4.57. The largest absolute Gasteiger partial charge is 0.315 e. The molecular weight excluding hydrogens is 172 g/mol. The van der Waals surface area contributed by atoms with Crippen LogP contribution in [0.1, 0.15) is 34.1 Å². The lowest BCUT2D eigenvalue weighted by atomic mass is 10.1. The van der Waals surface area contributed by atoms with Crippen LogP contribution in [0, 0.1) is 11.8 Å². The summed E-state index contributed by atoms with van der Waals surface area (Å²) in [6.07, 6.45) is 1.29. The monoisotopic (exact) mass is 200 g/mol. The van der Waals surface area contributed by atoms with Gasteiger partial charge in [-0.1, -0.05) is 27.7 Å². The van der Waals surface area contributed by atoms with E-state index < -0.39 is 0 Å². The Balaban J connectivity index is 3.19. The fraction of sp³-hybridized carbons (Fsp3) is 1.00. The Morgan fingerprint density at radius 2 is 1.64 bits per heavy atom. The predicted molar refractivity (Wildman–Crippen MR) is 64.7 cm³/mol. The summed E-state index contributed by atoms with van der Waals surface area (Å²) < 4.78 is 0. The highest BCUT2D eigenvalue weighted by Crippen LogP contribution is 1.96. The normalized spacial score (nSPS) is 12.0. The molecule has 0 amide bonds. The molecule has 1 N–H and O–H groups in total. The first-order valence-corrected chi connectivity index (χ1v) is 5.91. The van der Waals surface area contributed by atoms with Crippen molar-refractivity contribution in [3.05, 3.63) is 0 Å². The maximum absolute atomic E-state index is 3.48. The number of nitrogens with one attached hydrogen (secondary N) is 1. The van der Waals surface area contributed by atoms with Crippen molar-refractivity contribution in [2.45, 2.75) is 34.1 Å². The summed E-state index contributed by atoms with van der Waals surface area (Å²) in [6.45, 7) is 13.7. The number of hydrogen-bond donors (Lipinski definition) is 1. The standard InChI is InChI=1S/C12H28N2/c1-11(2)6-7-13-8-9-14(5)10-12(3)4/h11-13H,6-10H2,1-5H3. The van der Waals surface area contributed by atoms with Gasteiger partial charge in [-0.05, 0) is 31.8 Å². The van der Waals surface area contributed by atoms with Crippen molar-refractivity contribution >= 4 is 0 Å². The van der Waals surface area contributed by atoms with Crippen molar-refractivity contribution in [3.63, 3.8) is 0 Å². The topological polar surface area (TPSA) is 15.3 Å². The van der Waals surface area contributed by atoms with E-state index >= 15 is 0 Å². The molecule has 2 nitrogen and oxygen atoms in total. The van der Waals surface area contributed by atoms with Crippen LogP contribution < -0.4 is 5.32 Å². The minimum Gasteiger partial charge on any atom is -0.315 e. The molecule has 0 unspecified atom stereocenters. The zero-order valence-electron chi connectivity index (χ0n) is 10.6. The molecule has 0 radical (unpaired) electrons. The van der Waals surface area contributed by atoms with Crippen LogP contribution in [-0.2, 0) is 0 Å². The van der Waals surface area contributed by atoms with Crippen LogP contribution >= 0.6 is 0 Å². The molecule has 0 aromatic rings. The molecule has 0 aromatic heterocycles. The molecule has 86 valence electrons. The van der Waals surface area contributed by atoms with E-state index in [1.54, 1.807) is 0 Å². The quantitative estimate of drug-likeness (QED) is 0.604. The molecule has 0 saturated carbocycles. The van der Waals surface area contributed by atoms with Gasteiger partial charge in [0.15, 0.2) is 0 Å². The molecule has 14 heavy (non-hydrogen) atoms. The first kappa shape index (κ1) is 13.9. The summed E-state index contributed by atoms with van der Waals surface area (Å²) >= 11 is 0. The van der Waals surface area contributed by atoms with Crippen molar-refractivity contribution in [2.75, 3.05) is 33.2 Å². The lowest BCUT2D eigenvalue weighted by molar-refractivity contribution is 0.294. The van der Waals surface area contributed by atoms with Crippen LogP contribution in [0.5, 0.6) is 0 Å². The fourth-order valence-corrected chi connectivity index (χ4v) is 1.50. The van der Waals surface area contributed by atoms with Crippen LogP contribution in [0.2, 0.25) is 0 Å². The molecule has 0 aliphatic carbocycles. The van der Waals surface area contributed by atoms with Crippen LogP contribution in [-0.4, -0.2) is 38.1 Å². The van der Waals surface area contributed by atoms with E-state index in [0.717, 1.165) is 31.5 Å². The number of hydrogen-bond acceptors (Lipinski definition) is 2. The summed E-state index contributed by atoms with van der Waals surface area (Å²) in [4.78, 5) is 2.40. The van der Waals surface area contributed by atoms with Gasteiger partial charge in [0, 0.05) is 19.6 Å². The smallest absolute Gasteiger partial charge is 0.0104 e. The van der Waals surface area contributed by atoms with Crippen molar-refractivity contribution in [3.8, 4) is 0 Å². The Labute approximate surface area is 90.1 Å². The van der Waals surface area contributed by atoms with Gasteiger partial charge in [-0.25, -0.2) is 0 Å². The van der Waals surface area contributed by atoms with Gasteiger partial charge in [0.25, 0.3) is 0 Å². The third-order valence-corrected chi connectivity index (χ3v) is 2.25. The Kier molecular flexibility index (Phi) is 8.20. The van der Waals surface area contributed by atoms with Crippen molar-refractivity contribution in [1.82, 2.24) is 10.2 Å². The molecule has 0 saturated heterocycles. The molecule has 0 heterocycles. The Morgan fingerprint density at radius 3 is 2.14 bits per heavy atom. The van der Waals surface area contributed by atoms with Crippen LogP contribution in [0.25, 0.3) is 0 Å². The predicted octanol–water partition coefficient (Wildman–Crippen LogP) is 2.21. The average Bonchev–Trinajstić information content (AvgIpc) is 2.01. The van der Waals surface area contributed by atoms with Gasteiger partial charge in [0.1, 0.15) is 0 Å². The van der Waals surface area contributed by atoms with Crippen molar-refractivity contribution in [2.24, 2.45) is 11.8 Å². The summed E-state index contributed by atoms with van der Waals surface area (Å²) in [5, 5.41) is 3.48. The lowest BCUT2D eigenvalue weighted by Gasteiger charge is -2.19. The molecule has 0 atom stereocenters. The average molecular weight is 200 g/mol. The first-order chi connectivity index (χ1) is 6.52. The van der Waals surface area contributed by atoms with Gasteiger partial charge in [-0.2, -0.15) is 0 Å². The molecule has 0 rings (SSSR count). The Hall–Kier alpha value is -0.0800. The van der Waals surface area contributed by atoms with Gasteiger partial charge < -0.3 is 10.2 Å². The first-order valence-electron chi connectivity index (χ1n) is 5.91. The Morgan fingerprint density at radius 1 is 1.00 bits per heavy atom. The zero-order chi connectivity index (χ0) is 11.0. The maximum atomic E-state index is 3.48. The molecular formula is C12H28N2. The van der Waals surface area contributed by atoms with Gasteiger partial charge in [-0.15, -0.1) is 0 Å². The van der Waals surface area contributed by atoms with Gasteiger partial charge >= 0.3 is 0 Å². The molecule has 2 heteroatoms. The van der Waals surface area contributed by atoms with E-state index in [4.69, 9.17) is 0 Å². The second kappa shape index (κ2) is 8.25. The molecule has 0 spiro atoms. The SMILES string of the molecule is CC(C)CCNCCN(C)CC(C)C. The zero-order valence-corrected chi connectivity index (χ0v) is 10.6. The van der Waals surface area contributed by atoms with E-state index in [0.29, 0.717) is 0 Å². The maximum Gasteiger partial charge on any atom is 0.0104 e. The van der Waals surface area contributed by atoms with E-state index in [2.05, 4.69) is 45.0 Å². The third-order valence-electron chi connectivity index (χ3n) is 2.25. The molecule has 0 aliphatic heterocycles. The van der Waals surface area contributed by atoms with E-state index in [1.807, 2.05) is 0 Å². The van der Waals surface area contributed by atoms with E-state index in [1.165, 1.54) is 13.0 Å². The molecule has 0 aromatic carbocycles.